The Bertz CT molecular complexity index is 565. The molecule has 1 aromatic heterocycles. The van der Waals surface area contributed by atoms with Gasteiger partial charge in [-0.1, -0.05) is 24.3 Å². The zero-order chi connectivity index (χ0) is 13.2. The molecule has 3 rings (SSSR count). The van der Waals surface area contributed by atoms with E-state index in [1.165, 1.54) is 11.1 Å². The summed E-state index contributed by atoms with van der Waals surface area (Å²) in [7, 11) is 0. The van der Waals surface area contributed by atoms with Crippen molar-refractivity contribution in [3.63, 3.8) is 0 Å². The summed E-state index contributed by atoms with van der Waals surface area (Å²) < 4.78 is 0. The number of anilines is 1. The fourth-order valence-electron chi connectivity index (χ4n) is 2.70. The van der Waals surface area contributed by atoms with Gasteiger partial charge in [-0.05, 0) is 37.8 Å². The molecule has 98 valence electrons. The van der Waals surface area contributed by atoms with Crippen LogP contribution in [0.15, 0.2) is 30.5 Å². The third kappa shape index (κ3) is 2.46. The van der Waals surface area contributed by atoms with Crippen molar-refractivity contribution < 1.29 is 0 Å². The van der Waals surface area contributed by atoms with Crippen molar-refractivity contribution in [2.75, 3.05) is 18.0 Å². The minimum Gasteiger partial charge on any atom is -0.354 e. The molecule has 0 fully saturated rings. The quantitative estimate of drug-likeness (QED) is 0.782. The second kappa shape index (κ2) is 5.00. The number of aromatic nitrogens is 2. The Morgan fingerprint density at radius 1 is 1.00 bits per heavy atom. The van der Waals surface area contributed by atoms with Crippen LogP contribution in [0.5, 0.6) is 0 Å². The standard InChI is InChI=1S/C16H19N3/c1-12-11-17-13(2)16(18-12)19-9-7-14-5-3-4-6-15(14)8-10-19/h3-6,11H,7-10H2,1-2H3. The first-order valence-corrected chi connectivity index (χ1v) is 6.86. The van der Waals surface area contributed by atoms with Crippen LogP contribution in [-0.2, 0) is 12.8 Å². The molecule has 0 N–H and O–H groups in total. The normalized spacial score (nSPS) is 14.9. The zero-order valence-corrected chi connectivity index (χ0v) is 11.6. The highest BCUT2D eigenvalue weighted by Crippen LogP contribution is 2.21. The van der Waals surface area contributed by atoms with E-state index in [1.54, 1.807) is 0 Å². The number of nitrogens with zero attached hydrogens (tertiary/aromatic N) is 3. The van der Waals surface area contributed by atoms with Gasteiger partial charge in [0.15, 0.2) is 0 Å². The molecular formula is C16H19N3. The van der Waals surface area contributed by atoms with Crippen LogP contribution in [0.1, 0.15) is 22.5 Å². The molecule has 0 bridgehead atoms. The predicted molar refractivity (Wildman–Crippen MR) is 77.6 cm³/mol. The predicted octanol–water partition coefficient (Wildman–Crippen LogP) is 2.70. The first-order chi connectivity index (χ1) is 9.24. The van der Waals surface area contributed by atoms with Crippen molar-refractivity contribution in [1.82, 2.24) is 9.97 Å². The number of rotatable bonds is 1. The lowest BCUT2D eigenvalue weighted by Gasteiger charge is -2.22. The molecule has 1 aliphatic heterocycles. The maximum absolute atomic E-state index is 4.66. The Morgan fingerprint density at radius 2 is 1.63 bits per heavy atom. The molecular weight excluding hydrogens is 234 g/mol. The third-order valence-corrected chi connectivity index (χ3v) is 3.77. The van der Waals surface area contributed by atoms with E-state index in [0.717, 1.165) is 43.1 Å². The van der Waals surface area contributed by atoms with Crippen molar-refractivity contribution >= 4 is 5.82 Å². The molecule has 1 aromatic carbocycles. The first kappa shape index (κ1) is 12.2. The summed E-state index contributed by atoms with van der Waals surface area (Å²) in [5.74, 6) is 1.05. The van der Waals surface area contributed by atoms with Gasteiger partial charge in [0, 0.05) is 19.3 Å². The largest absolute Gasteiger partial charge is 0.354 e. The Kier molecular flexibility index (Phi) is 3.20. The van der Waals surface area contributed by atoms with E-state index in [4.69, 9.17) is 0 Å². The fraction of sp³-hybridized carbons (Fsp3) is 0.375. The van der Waals surface area contributed by atoms with E-state index < -0.39 is 0 Å². The van der Waals surface area contributed by atoms with Gasteiger partial charge in [0.05, 0.1) is 11.4 Å². The van der Waals surface area contributed by atoms with E-state index in [9.17, 15) is 0 Å². The van der Waals surface area contributed by atoms with Gasteiger partial charge >= 0.3 is 0 Å². The smallest absolute Gasteiger partial charge is 0.150 e. The van der Waals surface area contributed by atoms with Crippen LogP contribution in [0.2, 0.25) is 0 Å². The zero-order valence-electron chi connectivity index (χ0n) is 11.6. The lowest BCUT2D eigenvalue weighted by atomic mass is 10.0. The number of hydrogen-bond donors (Lipinski definition) is 0. The highest BCUT2D eigenvalue weighted by atomic mass is 15.2. The molecule has 1 aliphatic rings. The monoisotopic (exact) mass is 253 g/mol. The van der Waals surface area contributed by atoms with Crippen molar-refractivity contribution in [1.29, 1.82) is 0 Å². The van der Waals surface area contributed by atoms with Crippen molar-refractivity contribution in [2.45, 2.75) is 26.7 Å². The SMILES string of the molecule is Cc1cnc(C)c(N2CCc3ccccc3CC2)n1. The molecule has 19 heavy (non-hydrogen) atoms. The van der Waals surface area contributed by atoms with Crippen LogP contribution in [0.25, 0.3) is 0 Å². The summed E-state index contributed by atoms with van der Waals surface area (Å²) in [5, 5.41) is 0. The molecule has 3 nitrogen and oxygen atoms in total. The highest BCUT2D eigenvalue weighted by molar-refractivity contribution is 5.45. The molecule has 0 amide bonds. The molecule has 0 saturated carbocycles. The number of aryl methyl sites for hydroxylation is 2. The average Bonchev–Trinajstić information content (AvgIpc) is 2.64. The number of hydrogen-bond acceptors (Lipinski definition) is 3. The fourth-order valence-corrected chi connectivity index (χ4v) is 2.70. The van der Waals surface area contributed by atoms with Gasteiger partial charge < -0.3 is 4.90 Å². The van der Waals surface area contributed by atoms with Gasteiger partial charge in [0.2, 0.25) is 0 Å². The molecule has 0 spiro atoms. The van der Waals surface area contributed by atoms with Crippen LogP contribution in [0, 0.1) is 13.8 Å². The highest BCUT2D eigenvalue weighted by Gasteiger charge is 2.16. The van der Waals surface area contributed by atoms with Crippen LogP contribution >= 0.6 is 0 Å². The van der Waals surface area contributed by atoms with Gasteiger partial charge in [-0.3, -0.25) is 4.98 Å². The van der Waals surface area contributed by atoms with E-state index in [1.807, 2.05) is 20.0 Å². The van der Waals surface area contributed by atoms with Crippen LogP contribution in [0.4, 0.5) is 5.82 Å². The summed E-state index contributed by atoms with van der Waals surface area (Å²) in [6.07, 6.45) is 4.02. The molecule has 2 aromatic rings. The summed E-state index contributed by atoms with van der Waals surface area (Å²) in [6, 6.07) is 8.75. The lowest BCUT2D eigenvalue weighted by molar-refractivity contribution is 0.777. The maximum Gasteiger partial charge on any atom is 0.150 e. The molecule has 2 heterocycles. The maximum atomic E-state index is 4.66. The van der Waals surface area contributed by atoms with E-state index >= 15 is 0 Å². The molecule has 0 radical (unpaired) electrons. The van der Waals surface area contributed by atoms with Crippen molar-refractivity contribution in [2.24, 2.45) is 0 Å². The Balaban J connectivity index is 1.87. The van der Waals surface area contributed by atoms with Crippen LogP contribution in [-0.4, -0.2) is 23.1 Å². The van der Waals surface area contributed by atoms with E-state index in [2.05, 4.69) is 39.1 Å². The second-order valence-electron chi connectivity index (χ2n) is 5.18. The number of fused-ring (bicyclic) bond motifs is 1. The third-order valence-electron chi connectivity index (χ3n) is 3.77. The Hall–Kier alpha value is -1.90. The minimum absolute atomic E-state index is 0.988. The molecule has 3 heteroatoms. The van der Waals surface area contributed by atoms with Gasteiger partial charge in [0.25, 0.3) is 0 Å². The van der Waals surface area contributed by atoms with Gasteiger partial charge in [0.1, 0.15) is 5.82 Å². The molecule has 0 aliphatic carbocycles. The van der Waals surface area contributed by atoms with E-state index in [-0.39, 0.29) is 0 Å². The van der Waals surface area contributed by atoms with Crippen molar-refractivity contribution in [3.05, 3.63) is 53.0 Å². The molecule has 0 unspecified atom stereocenters. The topological polar surface area (TPSA) is 29.0 Å². The van der Waals surface area contributed by atoms with Crippen LogP contribution < -0.4 is 4.90 Å². The summed E-state index contributed by atoms with van der Waals surface area (Å²) in [5.41, 5.74) is 4.96. The summed E-state index contributed by atoms with van der Waals surface area (Å²) in [4.78, 5) is 11.5. The molecule has 0 atom stereocenters. The minimum atomic E-state index is 0.988. The first-order valence-electron chi connectivity index (χ1n) is 6.86. The van der Waals surface area contributed by atoms with Gasteiger partial charge in [-0.15, -0.1) is 0 Å². The second-order valence-corrected chi connectivity index (χ2v) is 5.18. The van der Waals surface area contributed by atoms with Gasteiger partial charge in [-0.2, -0.15) is 0 Å². The van der Waals surface area contributed by atoms with Crippen LogP contribution in [0.3, 0.4) is 0 Å². The Labute approximate surface area is 114 Å². The average molecular weight is 253 g/mol. The lowest BCUT2D eigenvalue weighted by Crippen LogP contribution is -2.28. The summed E-state index contributed by atoms with van der Waals surface area (Å²) in [6.45, 7) is 6.09. The Morgan fingerprint density at radius 3 is 2.26 bits per heavy atom. The van der Waals surface area contributed by atoms with Crippen molar-refractivity contribution in [3.8, 4) is 0 Å². The number of benzene rings is 1. The summed E-state index contributed by atoms with van der Waals surface area (Å²) >= 11 is 0. The molecule has 0 saturated heterocycles. The van der Waals surface area contributed by atoms with Gasteiger partial charge in [-0.25, -0.2) is 4.98 Å². The van der Waals surface area contributed by atoms with E-state index in [0.29, 0.717) is 0 Å².